The Morgan fingerprint density at radius 1 is 1.40 bits per heavy atom. The van der Waals surface area contributed by atoms with Crippen LogP contribution in [0.25, 0.3) is 0 Å². The minimum absolute atomic E-state index is 0. The normalized spacial score (nSPS) is 17.3. The predicted molar refractivity (Wildman–Crippen MR) is 111 cm³/mol. The Bertz CT molecular complexity index is 554. The summed E-state index contributed by atoms with van der Waals surface area (Å²) in [4.78, 5) is 7.01. The number of halogens is 1. The monoisotopic (exact) mass is 463 g/mol. The number of nitrogens with one attached hydrogen (secondary N) is 1. The van der Waals surface area contributed by atoms with E-state index in [1.807, 2.05) is 12.1 Å². The van der Waals surface area contributed by atoms with E-state index in [0.29, 0.717) is 24.6 Å². The number of methoxy groups -OCH3 is 2. The summed E-state index contributed by atoms with van der Waals surface area (Å²) in [7, 11) is 3.31. The standard InChI is InChI=1S/C18H29N3O3.HI/c1-4-19-18(21-11-9-14(12-21)13-23-2)20-10-8-15-6-5-7-16(24-3)17(15)22;/h5-7,14,22H,4,8-13H2,1-3H3,(H,19,20);1H. The van der Waals surface area contributed by atoms with Crippen LogP contribution in [0.1, 0.15) is 18.9 Å². The van der Waals surface area contributed by atoms with E-state index in [-0.39, 0.29) is 29.7 Å². The lowest BCUT2D eigenvalue weighted by molar-refractivity contribution is 0.157. The van der Waals surface area contributed by atoms with Gasteiger partial charge in [0.25, 0.3) is 0 Å². The van der Waals surface area contributed by atoms with Crippen molar-refractivity contribution in [1.82, 2.24) is 10.2 Å². The molecule has 142 valence electrons. The zero-order valence-corrected chi connectivity index (χ0v) is 17.7. The number of aliphatic imine (C=N–C) groups is 1. The van der Waals surface area contributed by atoms with Gasteiger partial charge in [-0.05, 0) is 31.4 Å². The molecule has 25 heavy (non-hydrogen) atoms. The van der Waals surface area contributed by atoms with Gasteiger partial charge in [-0.1, -0.05) is 12.1 Å². The second kappa shape index (κ2) is 11.4. The van der Waals surface area contributed by atoms with Crippen LogP contribution in [0, 0.1) is 5.92 Å². The predicted octanol–water partition coefficient (Wildman–Crippen LogP) is 2.50. The molecule has 7 heteroatoms. The minimum atomic E-state index is 0. The van der Waals surface area contributed by atoms with Crippen LogP contribution in [-0.2, 0) is 11.2 Å². The zero-order valence-electron chi connectivity index (χ0n) is 15.3. The van der Waals surface area contributed by atoms with Crippen LogP contribution in [0.5, 0.6) is 11.5 Å². The Hall–Kier alpha value is -1.22. The fourth-order valence-electron chi connectivity index (χ4n) is 3.04. The van der Waals surface area contributed by atoms with Crippen molar-refractivity contribution in [2.75, 3.05) is 47.0 Å². The lowest BCUT2D eigenvalue weighted by atomic mass is 10.1. The molecule has 0 saturated carbocycles. The summed E-state index contributed by atoms with van der Waals surface area (Å²) < 4.78 is 10.4. The van der Waals surface area contributed by atoms with Gasteiger partial charge in [0.15, 0.2) is 17.5 Å². The first-order valence-corrected chi connectivity index (χ1v) is 8.56. The van der Waals surface area contributed by atoms with E-state index in [0.717, 1.165) is 44.2 Å². The van der Waals surface area contributed by atoms with Crippen molar-refractivity contribution in [2.45, 2.75) is 19.8 Å². The largest absolute Gasteiger partial charge is 0.504 e. The van der Waals surface area contributed by atoms with Crippen molar-refractivity contribution >= 4 is 29.9 Å². The first-order valence-electron chi connectivity index (χ1n) is 8.56. The Kier molecular flexibility index (Phi) is 9.96. The third kappa shape index (κ3) is 6.22. The van der Waals surface area contributed by atoms with Crippen molar-refractivity contribution in [3.63, 3.8) is 0 Å². The number of hydrogen-bond acceptors (Lipinski definition) is 4. The van der Waals surface area contributed by atoms with E-state index >= 15 is 0 Å². The molecule has 2 rings (SSSR count). The SMILES string of the molecule is CCNC(=NCCc1cccc(OC)c1O)N1CCC(COC)C1.I. The summed E-state index contributed by atoms with van der Waals surface area (Å²) in [5.74, 6) is 2.23. The number of hydrogen-bond donors (Lipinski definition) is 2. The molecule has 0 amide bonds. The third-order valence-electron chi connectivity index (χ3n) is 4.27. The number of guanidine groups is 1. The smallest absolute Gasteiger partial charge is 0.193 e. The fourth-order valence-corrected chi connectivity index (χ4v) is 3.04. The Labute approximate surface area is 167 Å². The molecule has 1 atom stereocenters. The molecule has 0 spiro atoms. The van der Waals surface area contributed by atoms with Crippen LogP contribution >= 0.6 is 24.0 Å². The molecule has 1 aromatic carbocycles. The Morgan fingerprint density at radius 2 is 2.20 bits per heavy atom. The molecule has 0 bridgehead atoms. The molecule has 1 heterocycles. The molecule has 1 aromatic rings. The fraction of sp³-hybridized carbons (Fsp3) is 0.611. The quantitative estimate of drug-likeness (QED) is 0.370. The first kappa shape index (κ1) is 21.8. The number of phenolic OH excluding ortho intramolecular Hbond substituents is 1. The number of phenols is 1. The van der Waals surface area contributed by atoms with Gasteiger partial charge in [-0.2, -0.15) is 0 Å². The van der Waals surface area contributed by atoms with Gasteiger partial charge in [0, 0.05) is 39.2 Å². The van der Waals surface area contributed by atoms with Gasteiger partial charge in [-0.25, -0.2) is 0 Å². The van der Waals surface area contributed by atoms with Crippen LogP contribution in [0.4, 0.5) is 0 Å². The maximum Gasteiger partial charge on any atom is 0.193 e. The molecular formula is C18H30IN3O3. The van der Waals surface area contributed by atoms with Crippen LogP contribution in [-0.4, -0.2) is 63.0 Å². The topological polar surface area (TPSA) is 66.3 Å². The Morgan fingerprint density at radius 3 is 2.88 bits per heavy atom. The number of likely N-dealkylation sites (tertiary alicyclic amines) is 1. The summed E-state index contributed by atoms with van der Waals surface area (Å²) in [5, 5.41) is 13.5. The zero-order chi connectivity index (χ0) is 17.4. The van der Waals surface area contributed by atoms with Crippen molar-refractivity contribution in [3.05, 3.63) is 23.8 Å². The average Bonchev–Trinajstić information content (AvgIpc) is 3.04. The van der Waals surface area contributed by atoms with E-state index in [9.17, 15) is 5.11 Å². The molecule has 2 N–H and O–H groups in total. The summed E-state index contributed by atoms with van der Waals surface area (Å²) in [6.45, 7) is 6.32. The van der Waals surface area contributed by atoms with Crippen LogP contribution < -0.4 is 10.1 Å². The summed E-state index contributed by atoms with van der Waals surface area (Å²) >= 11 is 0. The van der Waals surface area contributed by atoms with Gasteiger partial charge in [0.2, 0.25) is 0 Å². The molecule has 0 aromatic heterocycles. The number of rotatable bonds is 7. The molecule has 1 aliphatic rings. The number of para-hydroxylation sites is 1. The Balaban J connectivity index is 0.00000312. The van der Waals surface area contributed by atoms with E-state index in [1.165, 1.54) is 0 Å². The average molecular weight is 463 g/mol. The van der Waals surface area contributed by atoms with Crippen LogP contribution in [0.15, 0.2) is 23.2 Å². The lowest BCUT2D eigenvalue weighted by Gasteiger charge is -2.21. The van der Waals surface area contributed by atoms with Crippen molar-refractivity contribution in [2.24, 2.45) is 10.9 Å². The van der Waals surface area contributed by atoms with Gasteiger partial charge in [-0.3, -0.25) is 4.99 Å². The maximum absolute atomic E-state index is 10.1. The van der Waals surface area contributed by atoms with Gasteiger partial charge in [-0.15, -0.1) is 24.0 Å². The van der Waals surface area contributed by atoms with E-state index < -0.39 is 0 Å². The van der Waals surface area contributed by atoms with Crippen molar-refractivity contribution in [1.29, 1.82) is 0 Å². The van der Waals surface area contributed by atoms with Crippen LogP contribution in [0.3, 0.4) is 0 Å². The minimum Gasteiger partial charge on any atom is -0.504 e. The summed E-state index contributed by atoms with van der Waals surface area (Å²) in [5.41, 5.74) is 0.854. The number of nitrogens with zero attached hydrogens (tertiary/aromatic N) is 2. The second-order valence-corrected chi connectivity index (χ2v) is 6.01. The maximum atomic E-state index is 10.1. The van der Waals surface area contributed by atoms with E-state index in [2.05, 4.69) is 17.1 Å². The third-order valence-corrected chi connectivity index (χ3v) is 4.27. The molecular weight excluding hydrogens is 433 g/mol. The number of benzene rings is 1. The van der Waals surface area contributed by atoms with E-state index in [4.69, 9.17) is 14.5 Å². The highest BCUT2D eigenvalue weighted by Crippen LogP contribution is 2.29. The molecule has 6 nitrogen and oxygen atoms in total. The molecule has 1 unspecified atom stereocenters. The van der Waals surface area contributed by atoms with Gasteiger partial charge in [0.05, 0.1) is 13.7 Å². The summed E-state index contributed by atoms with van der Waals surface area (Å²) in [6, 6.07) is 5.55. The molecule has 1 fully saturated rings. The highest BCUT2D eigenvalue weighted by Gasteiger charge is 2.24. The van der Waals surface area contributed by atoms with Gasteiger partial charge >= 0.3 is 0 Å². The first-order chi connectivity index (χ1) is 11.7. The van der Waals surface area contributed by atoms with E-state index in [1.54, 1.807) is 20.3 Å². The molecule has 0 radical (unpaired) electrons. The molecule has 0 aliphatic carbocycles. The number of ether oxygens (including phenoxy) is 2. The molecule has 1 saturated heterocycles. The summed E-state index contributed by atoms with van der Waals surface area (Å²) in [6.07, 6.45) is 1.81. The lowest BCUT2D eigenvalue weighted by Crippen LogP contribution is -2.40. The highest BCUT2D eigenvalue weighted by molar-refractivity contribution is 14.0. The molecule has 1 aliphatic heterocycles. The van der Waals surface area contributed by atoms with Crippen molar-refractivity contribution < 1.29 is 14.6 Å². The van der Waals surface area contributed by atoms with Crippen molar-refractivity contribution in [3.8, 4) is 11.5 Å². The van der Waals surface area contributed by atoms with Gasteiger partial charge < -0.3 is 24.8 Å². The van der Waals surface area contributed by atoms with Gasteiger partial charge in [0.1, 0.15) is 0 Å². The van der Waals surface area contributed by atoms with Crippen LogP contribution in [0.2, 0.25) is 0 Å². The second-order valence-electron chi connectivity index (χ2n) is 6.01. The highest BCUT2D eigenvalue weighted by atomic mass is 127. The number of aromatic hydroxyl groups is 1.